The van der Waals surface area contributed by atoms with Crippen LogP contribution in [0.15, 0.2) is 0 Å². The Kier molecular flexibility index (Phi) is 35.5. The Balaban J connectivity index is 2.05. The quantitative estimate of drug-likeness (QED) is 0.0252. The fourth-order valence-corrected chi connectivity index (χ4v) is 17.3. The molecule has 0 aromatic carbocycles. The van der Waals surface area contributed by atoms with Gasteiger partial charge in [-0.2, -0.15) is 135 Å². The molecule has 0 aliphatic carbocycles. The maximum atomic E-state index is 13.3. The van der Waals surface area contributed by atoms with Crippen molar-refractivity contribution in [2.45, 2.75) is 154 Å². The Morgan fingerprint density at radius 3 is 0.475 bits per heavy atom. The molecule has 0 radical (unpaired) electrons. The SMILES string of the molecule is O=S(=O)(O)OC[C@H]1O[C@H](OC2[C@@H](OS(=O)(=O)O)[C@H](O)O[C@H](COS(=O)(=O)O)[C@H]2OS(=O)(=O)O)[C@H](OS(=O)(=O)O)[C@@H](O[C@H]2O[C@H](COS(=O)(=O)O)[C@@H](OS(=O)(=O)O)[C@H](O[C@H]3O[C@H](COS(=O)(=O)O)[C@@H](OS(=O)(=O)O)[C@H](O[C@H]4O[C@H](COS(=O)(=O)O)[C@@H](OS(=O)(=O)O)[C@H](OS(=O)(=O)O)[C@H]4OS(=O)(=O)O)[C@H]3OS(=O)(=O)O)[C@H]2OS(=O)(=O)O)[C@@H]1OS(=O)(=O)O. The lowest BCUT2D eigenvalue weighted by Gasteiger charge is -2.51. The number of aliphatic hydroxyl groups is 1. The summed E-state index contributed by atoms with van der Waals surface area (Å²) < 4.78 is 673. The molecule has 0 saturated carbocycles. The number of hydrogen-bond acceptors (Lipinski definition) is 58. The largest absolute Gasteiger partial charge is 0.397 e. The van der Waals surface area contributed by atoms with E-state index in [1.165, 1.54) is 0 Å². The van der Waals surface area contributed by atoms with Gasteiger partial charge >= 0.3 is 166 Å². The van der Waals surface area contributed by atoms with E-state index in [-0.39, 0.29) is 0 Å². The molecular weight excluding hydrogens is 2060 g/mol. The summed E-state index contributed by atoms with van der Waals surface area (Å²) in [5.41, 5.74) is 0. The lowest BCUT2D eigenvalue weighted by molar-refractivity contribution is -0.385. The third-order valence-corrected chi connectivity index (χ3v) is 20.9. The second-order valence-corrected chi connectivity index (χ2v) is 39.1. The number of rotatable bonds is 45. The first-order chi connectivity index (χ1) is 53.3. The summed E-state index contributed by atoms with van der Waals surface area (Å²) in [5, 5.41) is 11.0. The highest BCUT2D eigenvalue weighted by atomic mass is 32.3. The molecule has 5 aliphatic rings. The molecule has 5 heterocycles. The van der Waals surface area contributed by atoms with Crippen LogP contribution in [0.25, 0.3) is 0 Å². The summed E-state index contributed by atoms with van der Waals surface area (Å²) in [6.45, 7) is -12.1. The smallest absolute Gasteiger partial charge is 0.366 e. The summed E-state index contributed by atoms with van der Waals surface area (Å²) in [6.07, 6.45) is -96.8. The number of ether oxygens (including phenoxy) is 9. The van der Waals surface area contributed by atoms with Crippen LogP contribution in [0.2, 0.25) is 0 Å². The van der Waals surface area contributed by atoms with E-state index in [1.54, 1.807) is 0 Å². The number of aliphatic hydroxyl groups excluding tert-OH is 1. The molecule has 0 aromatic rings. The monoisotopic (exact) mass is 2110 g/mol. The van der Waals surface area contributed by atoms with Crippen LogP contribution in [0, 0.1) is 0 Å². The minimum atomic E-state index is -7.12. The van der Waals surface area contributed by atoms with Gasteiger partial charge in [0.25, 0.3) is 0 Å². The summed E-state index contributed by atoms with van der Waals surface area (Å²) in [6, 6.07) is 0. The molecule has 90 heteroatoms. The minimum absolute atomic E-state index is 2.12. The van der Waals surface area contributed by atoms with Gasteiger partial charge in [-0.15, -0.1) is 0 Å². The average Bonchev–Trinajstić information content (AvgIpc) is 0.752. The van der Waals surface area contributed by atoms with E-state index in [0.29, 0.717) is 0 Å². The van der Waals surface area contributed by atoms with Gasteiger partial charge in [0.2, 0.25) is 0 Å². The molecule has 1 unspecified atom stereocenters. The highest BCUT2D eigenvalue weighted by molar-refractivity contribution is 7.84. The first-order valence-corrected chi connectivity index (χ1v) is 50.0. The molecule has 120 heavy (non-hydrogen) atoms. The molecule has 5 saturated heterocycles. The maximum Gasteiger partial charge on any atom is 0.397 e. The van der Waals surface area contributed by atoms with Crippen molar-refractivity contribution in [3.05, 3.63) is 0 Å². The van der Waals surface area contributed by atoms with Gasteiger partial charge in [0, 0.05) is 0 Å². The van der Waals surface area contributed by atoms with Crippen molar-refractivity contribution < 1.29 is 322 Å². The van der Waals surface area contributed by atoms with Crippen LogP contribution in [0.1, 0.15) is 0 Å². The molecule has 0 aromatic heterocycles. The minimum Gasteiger partial charge on any atom is -0.366 e. The van der Waals surface area contributed by atoms with Gasteiger partial charge < -0.3 is 47.7 Å². The van der Waals surface area contributed by atoms with Crippen molar-refractivity contribution >= 4 is 166 Å². The molecule has 74 nitrogen and oxygen atoms in total. The van der Waals surface area contributed by atoms with Gasteiger partial charge in [-0.1, -0.05) is 0 Å². The van der Waals surface area contributed by atoms with Gasteiger partial charge in [0.05, 0.1) is 33.0 Å². The van der Waals surface area contributed by atoms with Gasteiger partial charge in [-0.3, -0.25) is 72.8 Å². The topological polar surface area (TPSA) is 1120 Å². The third kappa shape index (κ3) is 38.4. The average molecular weight is 2110 g/mol. The van der Waals surface area contributed by atoms with Crippen LogP contribution >= 0.6 is 0 Å². The van der Waals surface area contributed by atoms with Gasteiger partial charge in [0.1, 0.15) is 91.6 Å². The van der Waals surface area contributed by atoms with Crippen LogP contribution in [0.3, 0.4) is 0 Å². The first kappa shape index (κ1) is 108. The van der Waals surface area contributed by atoms with E-state index in [0.717, 1.165) is 0 Å². The summed E-state index contributed by atoms with van der Waals surface area (Å²) >= 11 is 0. The molecule has 0 bridgehead atoms. The second kappa shape index (κ2) is 39.5. The van der Waals surface area contributed by atoms with E-state index in [9.17, 15) is 213 Å². The molecule has 5 fully saturated rings. The lowest BCUT2D eigenvalue weighted by atomic mass is 9.95. The van der Waals surface area contributed by atoms with Gasteiger partial charge in [-0.05, 0) is 0 Å². The predicted octanol–water partition coefficient (Wildman–Crippen LogP) is -14.7. The van der Waals surface area contributed by atoms with E-state index in [4.69, 9.17) is 42.6 Å². The van der Waals surface area contributed by atoms with Crippen molar-refractivity contribution in [2.24, 2.45) is 0 Å². The van der Waals surface area contributed by atoms with E-state index < -0.39 is 353 Å². The molecule has 5 rings (SSSR count). The zero-order valence-electron chi connectivity index (χ0n) is 55.4. The highest BCUT2D eigenvalue weighted by Crippen LogP contribution is 2.43. The van der Waals surface area contributed by atoms with Crippen LogP contribution in [-0.2, 0) is 276 Å². The standard InChI is InChI=1S/C30H52O74S16/c31-26-21(100-116(65,66)67)16(11(94-110(47,48)49)6(85-26)1-80-105(32,33)34)90-27-22(101-117(68,69)70)17(12(95-111(50,51)52)7(86-27)2-81-106(35,36)37)91-28-23(102-118(71,72)73)18(13(96-112(53,54)55)8(87-28)3-82-107(38,39)40)92-29-24(103-119(74,75)76)19(14(97-113(56,57)58)9(88-29)4-83-108(41,42)43)93-30-25(104-120(77,78)79)20(99-115(62,63)64)15(98-114(59,60)61)10(89-30)5-84-109(44,45)46/h6-31H,1-5H2,(H,32,33,34)(H,35,36,37)(H,38,39,40)(H,41,42,43)(H,44,45,46)(H,47,48,49)(H,50,51,52)(H,53,54,55)(H,56,57,58)(H,59,60,61)(H,62,63,64)(H,65,66,67)(H,68,69,70)(H,71,72,73)(H,74,75,76)(H,77,78,79)/t6-,7-,8-,9-,10-,11-,12-,13-,14-,15-,16?,17+,18+,19+,20+,21-,22-,23-,24-,25-,26-,27-,28-,29-,30-/m1/s1. The van der Waals surface area contributed by atoms with E-state index in [1.807, 2.05) is 0 Å². The zero-order chi connectivity index (χ0) is 92.6. The van der Waals surface area contributed by atoms with Crippen molar-refractivity contribution in [2.75, 3.05) is 33.0 Å². The second-order valence-electron chi connectivity index (χ2n) is 22.1. The number of hydrogen-bond donors (Lipinski definition) is 17. The third-order valence-electron chi connectivity index (χ3n) is 13.6. The molecule has 5 aliphatic heterocycles. The van der Waals surface area contributed by atoms with Crippen molar-refractivity contribution in [1.29, 1.82) is 0 Å². The maximum absolute atomic E-state index is 13.3. The molecule has 712 valence electrons. The Bertz CT molecular complexity index is 5560. The van der Waals surface area contributed by atoms with E-state index in [2.05, 4.69) is 66.9 Å². The molecule has 0 amide bonds. The Morgan fingerprint density at radius 1 is 0.167 bits per heavy atom. The zero-order valence-corrected chi connectivity index (χ0v) is 68.4. The predicted molar refractivity (Wildman–Crippen MR) is 333 cm³/mol. The van der Waals surface area contributed by atoms with Crippen LogP contribution in [0.4, 0.5) is 0 Å². The fraction of sp³-hybridized carbons (Fsp3) is 1.00. The van der Waals surface area contributed by atoms with Crippen molar-refractivity contribution in [3.8, 4) is 0 Å². The summed E-state index contributed by atoms with van der Waals surface area (Å²) in [4.78, 5) is 0. The van der Waals surface area contributed by atoms with Crippen molar-refractivity contribution in [1.82, 2.24) is 0 Å². The van der Waals surface area contributed by atoms with E-state index >= 15 is 0 Å². The molecule has 0 spiro atoms. The normalized spacial score (nSPS) is 33.4. The molecular formula is C30H52O74S16. The Labute approximate surface area is 670 Å². The van der Waals surface area contributed by atoms with Gasteiger partial charge in [0.15, 0.2) is 62.0 Å². The van der Waals surface area contributed by atoms with Crippen LogP contribution in [-0.4, -0.2) is 399 Å². The van der Waals surface area contributed by atoms with Gasteiger partial charge in [-0.25, -0.2) is 66.9 Å². The lowest BCUT2D eigenvalue weighted by Crippen LogP contribution is -2.70. The van der Waals surface area contributed by atoms with Crippen LogP contribution < -0.4 is 0 Å². The Hall–Kier alpha value is -2.48. The first-order valence-electron chi connectivity index (χ1n) is 28.2. The fourth-order valence-electron chi connectivity index (χ4n) is 10.3. The Morgan fingerprint density at radius 2 is 0.300 bits per heavy atom. The van der Waals surface area contributed by atoms with Crippen LogP contribution in [0.5, 0.6) is 0 Å². The summed E-state index contributed by atoms with van der Waals surface area (Å²) in [7, 11) is -106. The molecule has 25 atom stereocenters. The summed E-state index contributed by atoms with van der Waals surface area (Å²) in [5.74, 6) is 0. The van der Waals surface area contributed by atoms with Crippen molar-refractivity contribution in [3.63, 3.8) is 0 Å². The highest BCUT2D eigenvalue weighted by Gasteiger charge is 2.65. The molecule has 17 N–H and O–H groups in total.